The van der Waals surface area contributed by atoms with E-state index in [1.165, 1.54) is 5.56 Å². The topological polar surface area (TPSA) is 54.5 Å². The average Bonchev–Trinajstić information content (AvgIpc) is 2.49. The van der Waals surface area contributed by atoms with E-state index in [1.54, 1.807) is 6.20 Å². The lowest BCUT2D eigenvalue weighted by Crippen LogP contribution is -2.41. The van der Waals surface area contributed by atoms with Gasteiger partial charge in [-0.05, 0) is 24.6 Å². The fourth-order valence-corrected chi connectivity index (χ4v) is 2.07. The minimum atomic E-state index is 0.220. The summed E-state index contributed by atoms with van der Waals surface area (Å²) in [6.07, 6.45) is 5.16. The van der Waals surface area contributed by atoms with Crippen LogP contribution in [-0.4, -0.2) is 55.2 Å². The molecule has 0 radical (unpaired) electrons. The van der Waals surface area contributed by atoms with Crippen LogP contribution in [0, 0.1) is 0 Å². The second kappa shape index (κ2) is 7.86. The Balaban J connectivity index is 1.55. The highest BCUT2D eigenvalue weighted by Gasteiger charge is 2.15. The van der Waals surface area contributed by atoms with Crippen molar-refractivity contribution < 1.29 is 9.53 Å². The molecule has 1 amide bonds. The molecule has 0 atom stereocenters. The van der Waals surface area contributed by atoms with Gasteiger partial charge in [0.15, 0.2) is 0 Å². The third-order valence-electron chi connectivity index (χ3n) is 3.19. The average molecular weight is 263 g/mol. The van der Waals surface area contributed by atoms with Gasteiger partial charge in [0.25, 0.3) is 0 Å². The Kier molecular flexibility index (Phi) is 5.78. The van der Waals surface area contributed by atoms with Crippen LogP contribution in [0.25, 0.3) is 0 Å². The Morgan fingerprint density at radius 2 is 2.21 bits per heavy atom. The van der Waals surface area contributed by atoms with Gasteiger partial charge in [0.05, 0.1) is 13.2 Å². The van der Waals surface area contributed by atoms with Crippen LogP contribution in [0.2, 0.25) is 0 Å². The predicted molar refractivity (Wildman–Crippen MR) is 72.8 cm³/mol. The lowest BCUT2D eigenvalue weighted by Gasteiger charge is -2.26. The summed E-state index contributed by atoms with van der Waals surface area (Å²) in [7, 11) is 0. The van der Waals surface area contributed by atoms with E-state index in [9.17, 15) is 4.79 Å². The molecule has 0 bridgehead atoms. The van der Waals surface area contributed by atoms with Crippen LogP contribution in [0.15, 0.2) is 24.5 Å². The zero-order valence-electron chi connectivity index (χ0n) is 11.2. The number of hydrogen-bond donors (Lipinski definition) is 1. The monoisotopic (exact) mass is 263 g/mol. The van der Waals surface area contributed by atoms with E-state index < -0.39 is 0 Å². The predicted octanol–water partition coefficient (Wildman–Crippen LogP) is 0.463. The molecule has 1 aromatic rings. The number of carbonyl (C=O) groups is 1. The molecule has 1 fully saturated rings. The van der Waals surface area contributed by atoms with Gasteiger partial charge < -0.3 is 15.0 Å². The Morgan fingerprint density at radius 1 is 1.37 bits per heavy atom. The van der Waals surface area contributed by atoms with Gasteiger partial charge in [-0.3, -0.25) is 9.78 Å². The van der Waals surface area contributed by atoms with Crippen LogP contribution < -0.4 is 5.32 Å². The maximum absolute atomic E-state index is 11.9. The number of pyridine rings is 1. The molecule has 1 N–H and O–H groups in total. The second-order valence-electron chi connectivity index (χ2n) is 4.60. The lowest BCUT2D eigenvalue weighted by atomic mass is 10.2. The summed E-state index contributed by atoms with van der Waals surface area (Å²) in [4.78, 5) is 17.8. The number of morpholine rings is 1. The number of nitrogens with one attached hydrogen (secondary N) is 1. The van der Waals surface area contributed by atoms with Gasteiger partial charge in [0, 0.05) is 38.4 Å². The molecule has 5 heteroatoms. The standard InChI is InChI=1S/C14H21N3O2/c18-14(17-8-10-19-11-9-17)4-7-15-6-3-13-2-1-5-16-12-13/h1-2,5,12,15H,3-4,6-11H2. The van der Waals surface area contributed by atoms with Gasteiger partial charge in [0.1, 0.15) is 0 Å². The molecule has 0 aliphatic carbocycles. The van der Waals surface area contributed by atoms with E-state index in [0.717, 1.165) is 32.6 Å². The van der Waals surface area contributed by atoms with Crippen molar-refractivity contribution in [3.8, 4) is 0 Å². The first-order valence-corrected chi connectivity index (χ1v) is 6.81. The number of ether oxygens (including phenoxy) is 1. The summed E-state index contributed by atoms with van der Waals surface area (Å²) in [5.41, 5.74) is 1.22. The summed E-state index contributed by atoms with van der Waals surface area (Å²) in [5.74, 6) is 0.220. The number of amides is 1. The van der Waals surface area contributed by atoms with Crippen molar-refractivity contribution in [2.24, 2.45) is 0 Å². The van der Waals surface area contributed by atoms with Crippen molar-refractivity contribution in [2.75, 3.05) is 39.4 Å². The molecule has 1 aliphatic heterocycles. The minimum absolute atomic E-state index is 0.220. The zero-order valence-corrected chi connectivity index (χ0v) is 11.2. The molecule has 0 spiro atoms. The number of nitrogens with zero attached hydrogens (tertiary/aromatic N) is 2. The Hall–Kier alpha value is -1.46. The number of carbonyl (C=O) groups excluding carboxylic acids is 1. The van der Waals surface area contributed by atoms with Crippen LogP contribution in [0.5, 0.6) is 0 Å². The third-order valence-corrected chi connectivity index (χ3v) is 3.19. The minimum Gasteiger partial charge on any atom is -0.378 e. The molecule has 0 saturated carbocycles. The SMILES string of the molecule is O=C(CCNCCc1cccnc1)N1CCOCC1. The van der Waals surface area contributed by atoms with E-state index in [2.05, 4.69) is 16.4 Å². The van der Waals surface area contributed by atoms with Gasteiger partial charge >= 0.3 is 0 Å². The zero-order chi connectivity index (χ0) is 13.3. The lowest BCUT2D eigenvalue weighted by molar-refractivity contribution is -0.135. The maximum atomic E-state index is 11.9. The molecule has 0 unspecified atom stereocenters. The number of rotatable bonds is 6. The van der Waals surface area contributed by atoms with Crippen molar-refractivity contribution in [1.82, 2.24) is 15.2 Å². The molecule has 104 valence electrons. The van der Waals surface area contributed by atoms with E-state index in [0.29, 0.717) is 19.6 Å². The molecule has 5 nitrogen and oxygen atoms in total. The van der Waals surface area contributed by atoms with Crippen molar-refractivity contribution in [1.29, 1.82) is 0 Å². The molecule has 1 saturated heterocycles. The fourth-order valence-electron chi connectivity index (χ4n) is 2.07. The highest BCUT2D eigenvalue weighted by molar-refractivity contribution is 5.76. The third kappa shape index (κ3) is 4.96. The molecular weight excluding hydrogens is 242 g/mol. The Bertz CT molecular complexity index is 378. The van der Waals surface area contributed by atoms with Crippen molar-refractivity contribution in [3.05, 3.63) is 30.1 Å². The van der Waals surface area contributed by atoms with E-state index in [-0.39, 0.29) is 5.91 Å². The van der Waals surface area contributed by atoms with Gasteiger partial charge in [-0.15, -0.1) is 0 Å². The normalized spacial score (nSPS) is 15.5. The van der Waals surface area contributed by atoms with Gasteiger partial charge in [-0.25, -0.2) is 0 Å². The number of hydrogen-bond acceptors (Lipinski definition) is 4. The van der Waals surface area contributed by atoms with Gasteiger partial charge in [-0.2, -0.15) is 0 Å². The summed E-state index contributed by atoms with van der Waals surface area (Å²) in [5, 5.41) is 3.30. The fraction of sp³-hybridized carbons (Fsp3) is 0.571. The quantitative estimate of drug-likeness (QED) is 0.758. The molecule has 1 aliphatic rings. The maximum Gasteiger partial charge on any atom is 0.224 e. The highest BCUT2D eigenvalue weighted by atomic mass is 16.5. The Morgan fingerprint density at radius 3 is 2.95 bits per heavy atom. The summed E-state index contributed by atoms with van der Waals surface area (Å²) >= 11 is 0. The van der Waals surface area contributed by atoms with Crippen molar-refractivity contribution in [3.63, 3.8) is 0 Å². The smallest absolute Gasteiger partial charge is 0.224 e. The second-order valence-corrected chi connectivity index (χ2v) is 4.60. The van der Waals surface area contributed by atoms with Crippen LogP contribution in [0.3, 0.4) is 0 Å². The van der Waals surface area contributed by atoms with Crippen LogP contribution >= 0.6 is 0 Å². The molecule has 2 rings (SSSR count). The Labute approximate surface area is 114 Å². The summed E-state index contributed by atoms with van der Waals surface area (Å²) in [6, 6.07) is 4.00. The highest BCUT2D eigenvalue weighted by Crippen LogP contribution is 2.00. The first-order valence-electron chi connectivity index (χ1n) is 6.81. The molecular formula is C14H21N3O2. The van der Waals surface area contributed by atoms with Crippen molar-refractivity contribution in [2.45, 2.75) is 12.8 Å². The molecule has 19 heavy (non-hydrogen) atoms. The van der Waals surface area contributed by atoms with Crippen molar-refractivity contribution >= 4 is 5.91 Å². The van der Waals surface area contributed by atoms with Crippen LogP contribution in [0.1, 0.15) is 12.0 Å². The van der Waals surface area contributed by atoms with E-state index in [1.807, 2.05) is 17.2 Å². The van der Waals surface area contributed by atoms with Gasteiger partial charge in [-0.1, -0.05) is 6.07 Å². The first kappa shape index (κ1) is 14.0. The summed E-state index contributed by atoms with van der Waals surface area (Å²) in [6.45, 7) is 4.40. The first-order chi connectivity index (χ1) is 9.36. The molecule has 2 heterocycles. The van der Waals surface area contributed by atoms with Crippen LogP contribution in [0.4, 0.5) is 0 Å². The summed E-state index contributed by atoms with van der Waals surface area (Å²) < 4.78 is 5.23. The van der Waals surface area contributed by atoms with E-state index in [4.69, 9.17) is 4.74 Å². The van der Waals surface area contributed by atoms with E-state index >= 15 is 0 Å². The molecule has 0 aromatic carbocycles. The van der Waals surface area contributed by atoms with Crippen LogP contribution in [-0.2, 0) is 16.0 Å². The van der Waals surface area contributed by atoms with Gasteiger partial charge in [0.2, 0.25) is 5.91 Å². The number of aromatic nitrogens is 1. The molecule has 1 aromatic heterocycles. The largest absolute Gasteiger partial charge is 0.378 e.